The smallest absolute Gasteiger partial charge is 0.408 e. The number of amides is 2. The molecule has 0 bridgehead atoms. The Balaban J connectivity index is 2.43. The molecule has 0 spiro atoms. The second kappa shape index (κ2) is 10.4. The van der Waals surface area contributed by atoms with Gasteiger partial charge in [-0.2, -0.15) is 0 Å². The maximum absolute atomic E-state index is 13.2. The highest BCUT2D eigenvalue weighted by Gasteiger charge is 2.52. The average Bonchev–Trinajstić information content (AvgIpc) is 3.49. The van der Waals surface area contributed by atoms with Crippen LogP contribution in [0.2, 0.25) is 0 Å². The Kier molecular flexibility index (Phi) is 8.26. The second-order valence-electron chi connectivity index (χ2n) is 6.98. The van der Waals surface area contributed by atoms with E-state index in [-0.39, 0.29) is 25.8 Å². The molecule has 7 nitrogen and oxygen atoms in total. The number of hydrogen-bond acceptors (Lipinski definition) is 4. The van der Waals surface area contributed by atoms with Crippen molar-refractivity contribution in [1.29, 1.82) is 0 Å². The first kappa shape index (κ1) is 22.2. The predicted octanol–water partition coefficient (Wildman–Crippen LogP) is 3.38. The topological polar surface area (TPSA) is 88.1 Å². The zero-order chi connectivity index (χ0) is 20.6. The number of rotatable bonds is 12. The minimum Gasteiger partial charge on any atom is -0.465 e. The van der Waals surface area contributed by atoms with Gasteiger partial charge in [-0.05, 0) is 38.7 Å². The molecular formula is C21H32N2O5. The summed E-state index contributed by atoms with van der Waals surface area (Å²) in [4.78, 5) is 26.7. The molecule has 0 aromatic heterocycles. The molecule has 2 rings (SSSR count). The summed E-state index contributed by atoms with van der Waals surface area (Å²) >= 11 is 0. The van der Waals surface area contributed by atoms with Gasteiger partial charge in [-0.25, -0.2) is 4.79 Å². The van der Waals surface area contributed by atoms with Crippen molar-refractivity contribution in [3.63, 3.8) is 0 Å². The van der Waals surface area contributed by atoms with Crippen molar-refractivity contribution in [2.45, 2.75) is 70.9 Å². The van der Waals surface area contributed by atoms with Crippen molar-refractivity contribution in [2.24, 2.45) is 0 Å². The first-order chi connectivity index (χ1) is 13.5. The van der Waals surface area contributed by atoms with Gasteiger partial charge >= 0.3 is 6.09 Å². The van der Waals surface area contributed by atoms with Crippen molar-refractivity contribution >= 4 is 12.0 Å². The van der Waals surface area contributed by atoms with E-state index in [1.807, 2.05) is 37.3 Å². The summed E-state index contributed by atoms with van der Waals surface area (Å²) in [6, 6.07) is 8.69. The maximum Gasteiger partial charge on any atom is 0.408 e. The fourth-order valence-electron chi connectivity index (χ4n) is 3.37. The van der Waals surface area contributed by atoms with Crippen LogP contribution in [0.1, 0.15) is 52.0 Å². The molecule has 2 N–H and O–H groups in total. The summed E-state index contributed by atoms with van der Waals surface area (Å²) in [5.41, 5.74) is 0.843. The van der Waals surface area contributed by atoms with Crippen LogP contribution in [0, 0.1) is 0 Å². The van der Waals surface area contributed by atoms with E-state index in [0.29, 0.717) is 12.8 Å². The van der Waals surface area contributed by atoms with E-state index in [2.05, 4.69) is 5.32 Å². The molecule has 0 heterocycles. The second-order valence-corrected chi connectivity index (χ2v) is 6.98. The predicted molar refractivity (Wildman–Crippen MR) is 106 cm³/mol. The van der Waals surface area contributed by atoms with Crippen LogP contribution in [0.4, 0.5) is 4.79 Å². The normalized spacial score (nSPS) is 15.1. The van der Waals surface area contributed by atoms with Gasteiger partial charge in [0.05, 0.1) is 6.04 Å². The van der Waals surface area contributed by atoms with E-state index in [1.165, 1.54) is 4.90 Å². The number of carbonyl (C=O) groups is 2. The summed E-state index contributed by atoms with van der Waals surface area (Å²) in [5.74, 6) is -2.06. The van der Waals surface area contributed by atoms with Crippen LogP contribution in [0.15, 0.2) is 30.3 Å². The fourth-order valence-corrected chi connectivity index (χ4v) is 3.37. The molecule has 28 heavy (non-hydrogen) atoms. The van der Waals surface area contributed by atoms with Gasteiger partial charge in [-0.15, -0.1) is 0 Å². The van der Waals surface area contributed by atoms with Crippen LogP contribution in [0.25, 0.3) is 0 Å². The number of benzene rings is 1. The third-order valence-corrected chi connectivity index (χ3v) is 4.77. The van der Waals surface area contributed by atoms with E-state index >= 15 is 0 Å². The Labute approximate surface area is 167 Å². The minimum atomic E-state index is -1.67. The van der Waals surface area contributed by atoms with Gasteiger partial charge in [0.15, 0.2) is 0 Å². The first-order valence-corrected chi connectivity index (χ1v) is 10.1. The molecule has 1 aromatic carbocycles. The molecule has 1 aliphatic rings. The van der Waals surface area contributed by atoms with Crippen molar-refractivity contribution in [2.75, 3.05) is 13.2 Å². The molecule has 0 saturated heterocycles. The minimum absolute atomic E-state index is 0.113. The van der Waals surface area contributed by atoms with Crippen molar-refractivity contribution in [3.05, 3.63) is 35.9 Å². The van der Waals surface area contributed by atoms with Gasteiger partial charge in [0.25, 0.3) is 11.7 Å². The zero-order valence-corrected chi connectivity index (χ0v) is 17.0. The number of ether oxygens (including phenoxy) is 2. The van der Waals surface area contributed by atoms with Gasteiger partial charge in [-0.3, -0.25) is 9.69 Å². The lowest BCUT2D eigenvalue weighted by Gasteiger charge is -2.43. The molecule has 156 valence electrons. The lowest BCUT2D eigenvalue weighted by Crippen LogP contribution is -2.64. The zero-order valence-electron chi connectivity index (χ0n) is 17.0. The standard InChI is InChI=1S/C21H32N2O5/c1-4-10-18(23(20(25)26)15-16-11-8-7-9-12-16)21(27-5-2,28-6-3)19(24)22-17-13-14-17/h7-9,11-12,17-18H,4-6,10,13-15H2,1-3H3,(H,22,24)(H,25,26). The lowest BCUT2D eigenvalue weighted by atomic mass is 9.97. The molecule has 1 unspecified atom stereocenters. The number of carboxylic acid groups (broad SMARTS) is 1. The highest BCUT2D eigenvalue weighted by molar-refractivity contribution is 5.86. The van der Waals surface area contributed by atoms with Crippen LogP contribution < -0.4 is 5.32 Å². The SMILES string of the molecule is CCCC(N(Cc1ccccc1)C(=O)O)C(OCC)(OCC)C(=O)NC1CC1. The Bertz CT molecular complexity index is 627. The molecule has 1 fully saturated rings. The Hall–Kier alpha value is -2.12. The molecule has 0 radical (unpaired) electrons. The van der Waals surface area contributed by atoms with E-state index in [4.69, 9.17) is 9.47 Å². The van der Waals surface area contributed by atoms with Crippen molar-refractivity contribution in [3.8, 4) is 0 Å². The van der Waals surface area contributed by atoms with Gasteiger partial charge in [-0.1, -0.05) is 43.7 Å². The van der Waals surface area contributed by atoms with E-state index < -0.39 is 23.8 Å². The monoisotopic (exact) mass is 392 g/mol. The van der Waals surface area contributed by atoms with Crippen LogP contribution in [0.3, 0.4) is 0 Å². The molecule has 1 aliphatic carbocycles. The van der Waals surface area contributed by atoms with Crippen molar-refractivity contribution < 1.29 is 24.2 Å². The van der Waals surface area contributed by atoms with Crippen LogP contribution in [0.5, 0.6) is 0 Å². The van der Waals surface area contributed by atoms with Gasteiger partial charge in [0.1, 0.15) is 0 Å². The van der Waals surface area contributed by atoms with Gasteiger partial charge in [0.2, 0.25) is 0 Å². The van der Waals surface area contributed by atoms with Crippen molar-refractivity contribution in [1.82, 2.24) is 10.2 Å². The lowest BCUT2D eigenvalue weighted by molar-refractivity contribution is -0.252. The van der Waals surface area contributed by atoms with Crippen LogP contribution in [-0.2, 0) is 20.8 Å². The third-order valence-electron chi connectivity index (χ3n) is 4.77. The molecule has 1 aromatic rings. The van der Waals surface area contributed by atoms with Crippen LogP contribution in [-0.4, -0.2) is 53.1 Å². The number of hydrogen-bond donors (Lipinski definition) is 2. The Morgan fingerprint density at radius 2 is 1.79 bits per heavy atom. The van der Waals surface area contributed by atoms with Gasteiger partial charge in [0, 0.05) is 25.8 Å². The van der Waals surface area contributed by atoms with Gasteiger partial charge < -0.3 is 19.9 Å². The molecule has 2 amide bonds. The third kappa shape index (κ3) is 5.45. The number of carbonyl (C=O) groups excluding carboxylic acids is 1. The highest BCUT2D eigenvalue weighted by Crippen LogP contribution is 2.31. The summed E-state index contributed by atoms with van der Waals surface area (Å²) in [6.07, 6.45) is 1.86. The molecule has 0 aliphatic heterocycles. The van der Waals surface area contributed by atoms with E-state index in [1.54, 1.807) is 13.8 Å². The average molecular weight is 392 g/mol. The van der Waals surface area contributed by atoms with E-state index in [9.17, 15) is 14.7 Å². The summed E-state index contributed by atoms with van der Waals surface area (Å²) in [5, 5.41) is 12.9. The molecule has 1 saturated carbocycles. The summed E-state index contributed by atoms with van der Waals surface area (Å²) in [6.45, 7) is 6.14. The fraction of sp³-hybridized carbons (Fsp3) is 0.619. The highest BCUT2D eigenvalue weighted by atomic mass is 16.7. The summed E-state index contributed by atoms with van der Waals surface area (Å²) in [7, 11) is 0. The molecule has 7 heteroatoms. The summed E-state index contributed by atoms with van der Waals surface area (Å²) < 4.78 is 11.8. The molecular weight excluding hydrogens is 360 g/mol. The first-order valence-electron chi connectivity index (χ1n) is 10.1. The molecule has 1 atom stereocenters. The largest absolute Gasteiger partial charge is 0.465 e. The Morgan fingerprint density at radius 1 is 1.18 bits per heavy atom. The maximum atomic E-state index is 13.2. The van der Waals surface area contributed by atoms with E-state index in [0.717, 1.165) is 18.4 Å². The van der Waals surface area contributed by atoms with Crippen LogP contribution >= 0.6 is 0 Å². The number of nitrogens with one attached hydrogen (secondary N) is 1. The number of nitrogens with zero attached hydrogens (tertiary/aromatic N) is 1. The quantitative estimate of drug-likeness (QED) is 0.533. The Morgan fingerprint density at radius 3 is 2.25 bits per heavy atom.